The first-order valence-corrected chi connectivity index (χ1v) is 5.15. The smallest absolute Gasteiger partial charge is 0.306 e. The Morgan fingerprint density at radius 2 is 2.00 bits per heavy atom. The van der Waals surface area contributed by atoms with E-state index in [2.05, 4.69) is 18.7 Å². The molecule has 0 saturated heterocycles. The van der Waals surface area contributed by atoms with Crippen LogP contribution in [0.4, 0.5) is 0 Å². The zero-order valence-corrected chi connectivity index (χ0v) is 9.23. The highest BCUT2D eigenvalue weighted by atomic mass is 16.4. The highest BCUT2D eigenvalue weighted by Gasteiger charge is 2.16. The second-order valence-electron chi connectivity index (χ2n) is 3.60. The van der Waals surface area contributed by atoms with Gasteiger partial charge in [0.2, 0.25) is 0 Å². The Bertz CT molecular complexity index is 173. The van der Waals surface area contributed by atoms with Crippen molar-refractivity contribution in [3.63, 3.8) is 0 Å². The van der Waals surface area contributed by atoms with Crippen molar-refractivity contribution in [2.24, 2.45) is 0 Å². The van der Waals surface area contributed by atoms with Crippen LogP contribution in [0.5, 0.6) is 0 Å². The predicted molar refractivity (Wildman–Crippen MR) is 55.3 cm³/mol. The second kappa shape index (κ2) is 6.79. The van der Waals surface area contributed by atoms with E-state index in [9.17, 15) is 9.90 Å². The number of aliphatic hydroxyl groups excluding tert-OH is 1. The molecule has 0 rings (SSSR count). The van der Waals surface area contributed by atoms with Crippen LogP contribution >= 0.6 is 0 Å². The van der Waals surface area contributed by atoms with Crippen molar-refractivity contribution in [2.45, 2.75) is 45.8 Å². The van der Waals surface area contributed by atoms with Crippen molar-refractivity contribution in [3.05, 3.63) is 0 Å². The summed E-state index contributed by atoms with van der Waals surface area (Å²) in [7, 11) is 0. The number of carbonyl (C=O) groups is 1. The van der Waals surface area contributed by atoms with Crippen molar-refractivity contribution < 1.29 is 15.0 Å². The van der Waals surface area contributed by atoms with Crippen molar-refractivity contribution in [2.75, 3.05) is 13.1 Å². The van der Waals surface area contributed by atoms with Gasteiger partial charge in [-0.15, -0.1) is 0 Å². The molecule has 0 saturated carbocycles. The largest absolute Gasteiger partial charge is 0.481 e. The summed E-state index contributed by atoms with van der Waals surface area (Å²) in [6, 6.07) is 0.392. The lowest BCUT2D eigenvalue weighted by atomic mass is 10.1. The molecule has 0 aromatic carbocycles. The van der Waals surface area contributed by atoms with Gasteiger partial charge in [-0.05, 0) is 19.9 Å². The molecule has 0 radical (unpaired) electrons. The lowest BCUT2D eigenvalue weighted by Gasteiger charge is -2.28. The van der Waals surface area contributed by atoms with E-state index in [1.807, 2.05) is 6.92 Å². The Balaban J connectivity index is 3.97. The highest BCUT2D eigenvalue weighted by molar-refractivity contribution is 5.67. The van der Waals surface area contributed by atoms with Gasteiger partial charge in [-0.25, -0.2) is 0 Å². The molecule has 4 nitrogen and oxygen atoms in total. The second-order valence-corrected chi connectivity index (χ2v) is 3.60. The average molecular weight is 203 g/mol. The molecule has 2 N–H and O–H groups in total. The van der Waals surface area contributed by atoms with Crippen LogP contribution in [0.2, 0.25) is 0 Å². The van der Waals surface area contributed by atoms with E-state index in [0.717, 1.165) is 13.0 Å². The Kier molecular flexibility index (Phi) is 6.49. The molecule has 0 aromatic rings. The molecule has 0 aliphatic rings. The van der Waals surface area contributed by atoms with Crippen LogP contribution in [0.3, 0.4) is 0 Å². The van der Waals surface area contributed by atoms with Crippen LogP contribution in [-0.2, 0) is 4.79 Å². The van der Waals surface area contributed by atoms with Gasteiger partial charge in [-0.3, -0.25) is 9.69 Å². The summed E-state index contributed by atoms with van der Waals surface area (Å²) >= 11 is 0. The first-order valence-electron chi connectivity index (χ1n) is 5.15. The maximum Gasteiger partial charge on any atom is 0.306 e. The number of aliphatic hydroxyl groups is 1. The van der Waals surface area contributed by atoms with E-state index < -0.39 is 12.1 Å². The number of likely N-dealkylation sites (N-methyl/N-ethyl adjacent to an activating group) is 1. The topological polar surface area (TPSA) is 60.8 Å². The van der Waals surface area contributed by atoms with Crippen molar-refractivity contribution >= 4 is 5.97 Å². The molecule has 0 amide bonds. The van der Waals surface area contributed by atoms with Gasteiger partial charge in [0.15, 0.2) is 0 Å². The number of nitrogens with zero attached hydrogens (tertiary/aromatic N) is 1. The fourth-order valence-corrected chi connectivity index (χ4v) is 1.42. The van der Waals surface area contributed by atoms with Crippen LogP contribution in [0.15, 0.2) is 0 Å². The molecule has 0 aliphatic heterocycles. The molecule has 0 aliphatic carbocycles. The summed E-state index contributed by atoms with van der Waals surface area (Å²) in [5.74, 6) is -0.947. The SMILES string of the molecule is CCC(C)N(CC)CC(O)CC(=O)O. The Morgan fingerprint density at radius 3 is 2.36 bits per heavy atom. The van der Waals surface area contributed by atoms with Crippen molar-refractivity contribution in [1.29, 1.82) is 0 Å². The van der Waals surface area contributed by atoms with Gasteiger partial charge in [0.1, 0.15) is 0 Å². The summed E-state index contributed by atoms with van der Waals surface area (Å²) in [6.07, 6.45) is 0.0713. The third-order valence-electron chi connectivity index (χ3n) is 2.48. The quantitative estimate of drug-likeness (QED) is 0.646. The molecule has 0 fully saturated rings. The number of carboxylic acid groups (broad SMARTS) is 1. The van der Waals surface area contributed by atoms with Crippen LogP contribution in [0, 0.1) is 0 Å². The third kappa shape index (κ3) is 5.19. The third-order valence-corrected chi connectivity index (χ3v) is 2.48. The van der Waals surface area contributed by atoms with Gasteiger partial charge >= 0.3 is 5.97 Å². The number of aliphatic carboxylic acids is 1. The molecular weight excluding hydrogens is 182 g/mol. The van der Waals surface area contributed by atoms with E-state index in [1.165, 1.54) is 0 Å². The van der Waals surface area contributed by atoms with Crippen LogP contribution in [0.1, 0.15) is 33.6 Å². The number of carboxylic acids is 1. The molecule has 84 valence electrons. The van der Waals surface area contributed by atoms with E-state index in [1.54, 1.807) is 0 Å². The minimum absolute atomic E-state index is 0.174. The Hall–Kier alpha value is -0.610. The summed E-state index contributed by atoms with van der Waals surface area (Å²) in [4.78, 5) is 12.4. The van der Waals surface area contributed by atoms with E-state index >= 15 is 0 Å². The molecule has 0 heterocycles. The molecule has 0 aromatic heterocycles. The van der Waals surface area contributed by atoms with Gasteiger partial charge < -0.3 is 10.2 Å². The van der Waals surface area contributed by atoms with E-state index in [0.29, 0.717) is 12.6 Å². The van der Waals surface area contributed by atoms with Crippen LogP contribution < -0.4 is 0 Å². The number of hydrogen-bond donors (Lipinski definition) is 2. The molecule has 4 heteroatoms. The molecule has 0 bridgehead atoms. The fourth-order valence-electron chi connectivity index (χ4n) is 1.42. The normalized spacial score (nSPS) is 15.5. The average Bonchev–Trinajstić information content (AvgIpc) is 2.11. The standard InChI is InChI=1S/C10H21NO3/c1-4-8(3)11(5-2)7-9(12)6-10(13)14/h8-9,12H,4-7H2,1-3H3,(H,13,14). The molecular formula is C10H21NO3. The van der Waals surface area contributed by atoms with E-state index in [4.69, 9.17) is 5.11 Å². The predicted octanol–water partition coefficient (Wildman–Crippen LogP) is 0.942. The molecule has 14 heavy (non-hydrogen) atoms. The van der Waals surface area contributed by atoms with Gasteiger partial charge in [0.05, 0.1) is 12.5 Å². The monoisotopic (exact) mass is 203 g/mol. The number of hydrogen-bond acceptors (Lipinski definition) is 3. The highest BCUT2D eigenvalue weighted by Crippen LogP contribution is 2.05. The summed E-state index contributed by atoms with van der Waals surface area (Å²) in [6.45, 7) is 7.46. The summed E-state index contributed by atoms with van der Waals surface area (Å²) in [5.41, 5.74) is 0. The zero-order chi connectivity index (χ0) is 11.1. The van der Waals surface area contributed by atoms with Crippen molar-refractivity contribution in [1.82, 2.24) is 4.90 Å². The molecule has 2 atom stereocenters. The minimum atomic E-state index is -0.947. The molecule has 2 unspecified atom stereocenters. The van der Waals surface area contributed by atoms with Gasteiger partial charge in [0.25, 0.3) is 0 Å². The Morgan fingerprint density at radius 1 is 1.43 bits per heavy atom. The first-order chi connectivity index (χ1) is 6.51. The van der Waals surface area contributed by atoms with Gasteiger partial charge in [-0.2, -0.15) is 0 Å². The Labute approximate surface area is 85.5 Å². The zero-order valence-electron chi connectivity index (χ0n) is 9.23. The lowest BCUT2D eigenvalue weighted by molar-refractivity contribution is -0.139. The summed E-state index contributed by atoms with van der Waals surface area (Å²) < 4.78 is 0. The number of rotatable bonds is 7. The summed E-state index contributed by atoms with van der Waals surface area (Å²) in [5, 5.41) is 17.9. The van der Waals surface area contributed by atoms with E-state index in [-0.39, 0.29) is 6.42 Å². The first kappa shape index (κ1) is 13.4. The minimum Gasteiger partial charge on any atom is -0.481 e. The maximum atomic E-state index is 10.3. The van der Waals surface area contributed by atoms with Gasteiger partial charge in [0, 0.05) is 12.6 Å². The molecule has 0 spiro atoms. The maximum absolute atomic E-state index is 10.3. The van der Waals surface area contributed by atoms with Crippen LogP contribution in [0.25, 0.3) is 0 Å². The lowest BCUT2D eigenvalue weighted by Crippen LogP contribution is -2.39. The fraction of sp³-hybridized carbons (Fsp3) is 0.900. The van der Waals surface area contributed by atoms with Crippen LogP contribution in [-0.4, -0.2) is 46.3 Å². The van der Waals surface area contributed by atoms with Crippen molar-refractivity contribution in [3.8, 4) is 0 Å². The van der Waals surface area contributed by atoms with Gasteiger partial charge in [-0.1, -0.05) is 13.8 Å².